The summed E-state index contributed by atoms with van der Waals surface area (Å²) < 4.78 is 5.62. The summed E-state index contributed by atoms with van der Waals surface area (Å²) in [4.78, 5) is 0. The van der Waals surface area contributed by atoms with Crippen LogP contribution in [0.5, 0.6) is 0 Å². The molecule has 5 nitrogen and oxygen atoms in total. The van der Waals surface area contributed by atoms with E-state index in [4.69, 9.17) is 22.8 Å². The molecule has 3 rings (SSSR count). The Morgan fingerprint density at radius 1 is 1.00 bits per heavy atom. The average Bonchev–Trinajstić information content (AvgIpc) is 2.69. The molecule has 0 amide bonds. The van der Waals surface area contributed by atoms with Crippen LogP contribution in [-0.4, -0.2) is 51.4 Å². The van der Waals surface area contributed by atoms with Crippen molar-refractivity contribution in [1.29, 1.82) is 0 Å². The molecule has 0 aliphatic carbocycles. The summed E-state index contributed by atoms with van der Waals surface area (Å²) in [5, 5.41) is 40.2. The molecule has 2 unspecified atom stereocenters. The summed E-state index contributed by atoms with van der Waals surface area (Å²) in [5.74, 6) is 2.57. The van der Waals surface area contributed by atoms with E-state index in [0.717, 1.165) is 16.7 Å². The molecule has 0 radical (unpaired) electrons. The second kappa shape index (κ2) is 8.41. The number of ether oxygens (including phenoxy) is 1. The van der Waals surface area contributed by atoms with Gasteiger partial charge < -0.3 is 25.2 Å². The molecule has 1 saturated heterocycles. The van der Waals surface area contributed by atoms with Crippen LogP contribution in [0, 0.1) is 12.3 Å². The lowest BCUT2D eigenvalue weighted by Crippen LogP contribution is -2.55. The van der Waals surface area contributed by atoms with Crippen molar-refractivity contribution < 1.29 is 25.2 Å². The molecular formula is C21H21ClO5. The van der Waals surface area contributed by atoms with Crippen molar-refractivity contribution >= 4 is 11.6 Å². The van der Waals surface area contributed by atoms with Crippen LogP contribution in [0.2, 0.25) is 5.02 Å². The summed E-state index contributed by atoms with van der Waals surface area (Å²) in [5.41, 5.74) is 3.23. The first-order valence-electron chi connectivity index (χ1n) is 8.59. The van der Waals surface area contributed by atoms with E-state index < -0.39 is 37.1 Å². The first-order valence-corrected chi connectivity index (χ1v) is 8.96. The number of hydrogen-bond donors (Lipinski definition) is 4. The number of aliphatic hydroxyl groups is 4. The predicted octanol–water partition coefficient (Wildman–Crippen LogP) is 1.43. The highest BCUT2D eigenvalue weighted by molar-refractivity contribution is 6.31. The Bertz CT molecular complexity index is 827. The topological polar surface area (TPSA) is 90.2 Å². The van der Waals surface area contributed by atoms with E-state index in [1.807, 2.05) is 24.3 Å². The second-order valence-electron chi connectivity index (χ2n) is 6.62. The van der Waals surface area contributed by atoms with E-state index in [1.54, 1.807) is 18.2 Å². The van der Waals surface area contributed by atoms with Crippen molar-refractivity contribution in [2.24, 2.45) is 0 Å². The molecule has 0 saturated carbocycles. The monoisotopic (exact) mass is 388 g/mol. The average molecular weight is 389 g/mol. The molecule has 2 aromatic rings. The van der Waals surface area contributed by atoms with Crippen LogP contribution in [0.4, 0.5) is 0 Å². The maximum atomic E-state index is 10.3. The van der Waals surface area contributed by atoms with Gasteiger partial charge in [0.05, 0.1) is 6.61 Å². The largest absolute Gasteiger partial charge is 0.394 e. The van der Waals surface area contributed by atoms with Gasteiger partial charge in [-0.3, -0.25) is 0 Å². The van der Waals surface area contributed by atoms with Crippen LogP contribution < -0.4 is 0 Å². The number of terminal acetylenes is 1. The first-order chi connectivity index (χ1) is 12.9. The molecule has 1 heterocycles. The lowest BCUT2D eigenvalue weighted by molar-refractivity contribution is -0.231. The van der Waals surface area contributed by atoms with Gasteiger partial charge in [0.15, 0.2) is 0 Å². The Morgan fingerprint density at radius 2 is 1.70 bits per heavy atom. The van der Waals surface area contributed by atoms with Gasteiger partial charge in [-0.15, -0.1) is 6.42 Å². The van der Waals surface area contributed by atoms with Crippen molar-refractivity contribution in [3.05, 3.63) is 69.7 Å². The quantitative estimate of drug-likeness (QED) is 0.595. The van der Waals surface area contributed by atoms with Crippen LogP contribution >= 0.6 is 11.6 Å². The highest BCUT2D eigenvalue weighted by Gasteiger charge is 2.43. The fourth-order valence-electron chi connectivity index (χ4n) is 3.22. The lowest BCUT2D eigenvalue weighted by Gasteiger charge is -2.40. The van der Waals surface area contributed by atoms with Gasteiger partial charge in [0.1, 0.15) is 30.5 Å². The van der Waals surface area contributed by atoms with E-state index in [1.165, 1.54) is 0 Å². The third-order valence-electron chi connectivity index (χ3n) is 4.81. The summed E-state index contributed by atoms with van der Waals surface area (Å²) in [6, 6.07) is 12.7. The molecule has 27 heavy (non-hydrogen) atoms. The van der Waals surface area contributed by atoms with E-state index in [9.17, 15) is 20.4 Å². The Hall–Kier alpha value is -1.91. The van der Waals surface area contributed by atoms with Crippen LogP contribution in [0.25, 0.3) is 0 Å². The van der Waals surface area contributed by atoms with Crippen molar-refractivity contribution in [2.75, 3.05) is 6.61 Å². The van der Waals surface area contributed by atoms with Gasteiger partial charge in [-0.2, -0.15) is 0 Å². The molecule has 0 aromatic heterocycles. The zero-order chi connectivity index (χ0) is 19.6. The molecule has 2 aromatic carbocycles. The Morgan fingerprint density at radius 3 is 2.33 bits per heavy atom. The number of halogens is 1. The zero-order valence-corrected chi connectivity index (χ0v) is 15.3. The first kappa shape index (κ1) is 19.8. The fourth-order valence-corrected chi connectivity index (χ4v) is 3.41. The van der Waals surface area contributed by atoms with Gasteiger partial charge in [-0.25, -0.2) is 0 Å². The van der Waals surface area contributed by atoms with Gasteiger partial charge in [-0.1, -0.05) is 41.8 Å². The maximum absolute atomic E-state index is 10.3. The van der Waals surface area contributed by atoms with Gasteiger partial charge in [0, 0.05) is 10.6 Å². The standard InChI is InChI=1S/C21H21ClO5/c1-2-12-3-5-13(6-4-12)9-15-10-14(7-8-16(15)22)21-20(26)19(25)18(24)17(11-23)27-21/h1,3-8,10,17-21,23-26H,9,11H2/t17-,18-,19?,20-,21?/m1/s1. The number of benzene rings is 2. The number of hydrogen-bond acceptors (Lipinski definition) is 5. The minimum Gasteiger partial charge on any atom is -0.394 e. The van der Waals surface area contributed by atoms with E-state index >= 15 is 0 Å². The van der Waals surface area contributed by atoms with Gasteiger partial charge in [-0.05, 0) is 41.3 Å². The highest BCUT2D eigenvalue weighted by atomic mass is 35.5. The summed E-state index contributed by atoms with van der Waals surface area (Å²) in [6.45, 7) is -0.469. The van der Waals surface area contributed by atoms with Crippen LogP contribution in [0.15, 0.2) is 42.5 Å². The molecule has 1 aliphatic heterocycles. The number of aliphatic hydroxyl groups excluding tert-OH is 4. The molecular weight excluding hydrogens is 368 g/mol. The van der Waals surface area contributed by atoms with E-state index in [-0.39, 0.29) is 0 Å². The molecule has 5 atom stereocenters. The SMILES string of the molecule is C#Cc1ccc(Cc2cc(C3O[C@H](CO)[C@@H](O)C(O)[C@H]3O)ccc2Cl)cc1. The van der Waals surface area contributed by atoms with Crippen molar-refractivity contribution in [3.63, 3.8) is 0 Å². The van der Waals surface area contributed by atoms with Gasteiger partial charge in [0.25, 0.3) is 0 Å². The minimum atomic E-state index is -1.42. The molecule has 142 valence electrons. The molecule has 1 aliphatic rings. The summed E-state index contributed by atoms with van der Waals surface area (Å²) in [7, 11) is 0. The third-order valence-corrected chi connectivity index (χ3v) is 5.17. The van der Waals surface area contributed by atoms with Crippen molar-refractivity contribution in [1.82, 2.24) is 0 Å². The molecule has 0 spiro atoms. The highest BCUT2D eigenvalue weighted by Crippen LogP contribution is 2.34. The fraction of sp³-hybridized carbons (Fsp3) is 0.333. The van der Waals surface area contributed by atoms with E-state index in [2.05, 4.69) is 5.92 Å². The maximum Gasteiger partial charge on any atom is 0.113 e. The smallest absolute Gasteiger partial charge is 0.113 e. The molecule has 0 bridgehead atoms. The van der Waals surface area contributed by atoms with Gasteiger partial charge in [0.2, 0.25) is 0 Å². The van der Waals surface area contributed by atoms with E-state index in [0.29, 0.717) is 17.0 Å². The zero-order valence-electron chi connectivity index (χ0n) is 14.5. The third kappa shape index (κ3) is 4.17. The summed E-state index contributed by atoms with van der Waals surface area (Å²) >= 11 is 6.32. The van der Waals surface area contributed by atoms with Crippen LogP contribution in [-0.2, 0) is 11.2 Å². The van der Waals surface area contributed by atoms with Crippen molar-refractivity contribution in [3.8, 4) is 12.3 Å². The molecule has 6 heteroatoms. The Kier molecular flexibility index (Phi) is 6.18. The predicted molar refractivity (Wildman–Crippen MR) is 101 cm³/mol. The Balaban J connectivity index is 1.86. The normalized spacial score (nSPS) is 27.9. The van der Waals surface area contributed by atoms with Crippen LogP contribution in [0.1, 0.15) is 28.4 Å². The lowest BCUT2D eigenvalue weighted by atomic mass is 9.90. The minimum absolute atomic E-state index is 0.469. The van der Waals surface area contributed by atoms with Crippen LogP contribution in [0.3, 0.4) is 0 Å². The number of rotatable bonds is 4. The summed E-state index contributed by atoms with van der Waals surface area (Å²) in [6.07, 6.45) is -0.0554. The second-order valence-corrected chi connectivity index (χ2v) is 7.03. The van der Waals surface area contributed by atoms with Crippen molar-refractivity contribution in [2.45, 2.75) is 36.9 Å². The molecule has 4 N–H and O–H groups in total. The Labute approximate surface area is 162 Å². The molecule has 1 fully saturated rings. The van der Waals surface area contributed by atoms with Gasteiger partial charge >= 0.3 is 0 Å².